The minimum atomic E-state index is -1.28. The lowest BCUT2D eigenvalue weighted by molar-refractivity contribution is 0.394. The van der Waals surface area contributed by atoms with Gasteiger partial charge in [-0.05, 0) is 13.3 Å². The van der Waals surface area contributed by atoms with Crippen molar-refractivity contribution in [2.75, 3.05) is 0 Å². The number of hydrogen-bond donors (Lipinski definition) is 2. The fourth-order valence-electron chi connectivity index (χ4n) is 0.633. The molecule has 0 amide bonds. The van der Waals surface area contributed by atoms with Crippen LogP contribution in [0.5, 0.6) is 0 Å². The first-order valence-corrected chi connectivity index (χ1v) is 3.32. The summed E-state index contributed by atoms with van der Waals surface area (Å²) in [7, 11) is -1.28. The zero-order valence-electron chi connectivity index (χ0n) is 6.20. The molecule has 3 heteroatoms. The largest absolute Gasteiger partial charge is 0.459 e. The molecule has 0 radical (unpaired) electrons. The molecule has 56 valence electrons. The van der Waals surface area contributed by atoms with Crippen LogP contribution in [0.1, 0.15) is 13.3 Å². The van der Waals surface area contributed by atoms with Crippen molar-refractivity contribution in [2.24, 2.45) is 0 Å². The molecule has 0 aromatic heterocycles. The molecular formula is C7H13BO2. The van der Waals surface area contributed by atoms with Crippen LogP contribution in [-0.4, -0.2) is 17.2 Å². The highest BCUT2D eigenvalue weighted by atomic mass is 16.4. The lowest BCUT2D eigenvalue weighted by Crippen LogP contribution is -2.17. The van der Waals surface area contributed by atoms with Crippen molar-refractivity contribution < 1.29 is 10.0 Å². The predicted molar refractivity (Wildman–Crippen MR) is 43.6 cm³/mol. The zero-order chi connectivity index (χ0) is 7.98. The van der Waals surface area contributed by atoms with E-state index < -0.39 is 7.12 Å². The molecule has 2 nitrogen and oxygen atoms in total. The van der Waals surface area contributed by atoms with Crippen LogP contribution < -0.4 is 0 Å². The summed E-state index contributed by atoms with van der Waals surface area (Å²) < 4.78 is 0. The van der Waals surface area contributed by atoms with Crippen molar-refractivity contribution in [1.29, 1.82) is 0 Å². The molecule has 0 fully saturated rings. The van der Waals surface area contributed by atoms with Gasteiger partial charge in [-0.25, -0.2) is 0 Å². The normalized spacial score (nSPS) is 13.5. The molecule has 0 spiro atoms. The highest BCUT2D eigenvalue weighted by molar-refractivity contribution is 6.43. The Morgan fingerprint density at radius 2 is 2.20 bits per heavy atom. The summed E-state index contributed by atoms with van der Waals surface area (Å²) in [4.78, 5) is 0. The average molecular weight is 140 g/mol. The van der Waals surface area contributed by atoms with E-state index in [1.165, 1.54) is 0 Å². The van der Waals surface area contributed by atoms with Gasteiger partial charge in [-0.3, -0.25) is 0 Å². The molecule has 0 aromatic rings. The molecule has 0 bridgehead atoms. The maximum atomic E-state index is 8.69. The first-order chi connectivity index (χ1) is 4.72. The van der Waals surface area contributed by atoms with Crippen LogP contribution in [0.25, 0.3) is 0 Å². The van der Waals surface area contributed by atoms with E-state index in [1.807, 2.05) is 19.1 Å². The molecule has 0 aliphatic carbocycles. The van der Waals surface area contributed by atoms with Gasteiger partial charge in [-0.2, -0.15) is 0 Å². The van der Waals surface area contributed by atoms with E-state index in [-0.39, 0.29) is 5.82 Å². The van der Waals surface area contributed by atoms with Crippen LogP contribution in [0.4, 0.5) is 0 Å². The van der Waals surface area contributed by atoms with Gasteiger partial charge in [0, 0.05) is 5.82 Å². The minimum Gasteiger partial charge on any atom is -0.427 e. The highest BCUT2D eigenvalue weighted by Crippen LogP contribution is 2.13. The first-order valence-electron chi connectivity index (χ1n) is 3.32. The molecule has 0 aromatic carbocycles. The molecule has 2 N–H and O–H groups in total. The molecule has 0 aliphatic heterocycles. The Morgan fingerprint density at radius 1 is 1.60 bits per heavy atom. The summed E-state index contributed by atoms with van der Waals surface area (Å²) in [5, 5.41) is 17.4. The molecule has 0 saturated carbocycles. The van der Waals surface area contributed by atoms with Gasteiger partial charge >= 0.3 is 7.12 Å². The van der Waals surface area contributed by atoms with Gasteiger partial charge < -0.3 is 10.0 Å². The lowest BCUT2D eigenvalue weighted by atomic mass is 9.71. The first kappa shape index (κ1) is 9.46. The monoisotopic (exact) mass is 140 g/mol. The van der Waals surface area contributed by atoms with E-state index in [4.69, 9.17) is 10.0 Å². The Kier molecular flexibility index (Phi) is 4.98. The third-order valence-corrected chi connectivity index (χ3v) is 1.33. The second-order valence-electron chi connectivity index (χ2n) is 2.12. The number of allylic oxidation sites excluding steroid dienone is 3. The third-order valence-electron chi connectivity index (χ3n) is 1.33. The van der Waals surface area contributed by atoms with Gasteiger partial charge in [0.1, 0.15) is 0 Å². The van der Waals surface area contributed by atoms with E-state index in [2.05, 4.69) is 6.58 Å². The fourth-order valence-corrected chi connectivity index (χ4v) is 0.633. The van der Waals surface area contributed by atoms with Gasteiger partial charge in [-0.1, -0.05) is 18.2 Å². The van der Waals surface area contributed by atoms with Gasteiger partial charge in [0.05, 0.1) is 0 Å². The lowest BCUT2D eigenvalue weighted by Gasteiger charge is -2.05. The van der Waals surface area contributed by atoms with E-state index in [0.29, 0.717) is 6.42 Å². The van der Waals surface area contributed by atoms with Gasteiger partial charge in [0.2, 0.25) is 0 Å². The zero-order valence-corrected chi connectivity index (χ0v) is 6.20. The molecule has 10 heavy (non-hydrogen) atoms. The molecule has 0 saturated heterocycles. The van der Waals surface area contributed by atoms with Crippen LogP contribution in [-0.2, 0) is 0 Å². The van der Waals surface area contributed by atoms with Crippen molar-refractivity contribution in [1.82, 2.24) is 0 Å². The van der Waals surface area contributed by atoms with Crippen LogP contribution in [0.15, 0.2) is 24.8 Å². The highest BCUT2D eigenvalue weighted by Gasteiger charge is 2.17. The van der Waals surface area contributed by atoms with Crippen molar-refractivity contribution in [2.45, 2.75) is 19.2 Å². The average Bonchev–Trinajstić information content (AvgIpc) is 1.89. The second kappa shape index (κ2) is 5.27. The van der Waals surface area contributed by atoms with E-state index in [0.717, 1.165) is 0 Å². The molecule has 0 heterocycles. The summed E-state index contributed by atoms with van der Waals surface area (Å²) in [6, 6.07) is 0. The van der Waals surface area contributed by atoms with Crippen LogP contribution in [0.3, 0.4) is 0 Å². The summed E-state index contributed by atoms with van der Waals surface area (Å²) in [5.41, 5.74) is 0. The topological polar surface area (TPSA) is 40.5 Å². The predicted octanol–water partition coefficient (Wildman–Crippen LogP) is 0.982. The summed E-state index contributed by atoms with van der Waals surface area (Å²) in [6.07, 6.45) is 5.94. The molecule has 0 rings (SSSR count). The molecule has 1 atom stereocenters. The quantitative estimate of drug-likeness (QED) is 0.451. The van der Waals surface area contributed by atoms with Crippen molar-refractivity contribution >= 4 is 7.12 Å². The molecule has 1 unspecified atom stereocenters. The van der Waals surface area contributed by atoms with Crippen LogP contribution >= 0.6 is 0 Å². The smallest absolute Gasteiger partial charge is 0.427 e. The van der Waals surface area contributed by atoms with Gasteiger partial charge in [0.25, 0.3) is 0 Å². The summed E-state index contributed by atoms with van der Waals surface area (Å²) >= 11 is 0. The molecule has 0 aliphatic rings. The van der Waals surface area contributed by atoms with Crippen molar-refractivity contribution in [3.63, 3.8) is 0 Å². The Hall–Kier alpha value is -0.535. The Labute approximate surface area is 62.0 Å². The summed E-state index contributed by atoms with van der Waals surface area (Å²) in [5.74, 6) is -0.240. The summed E-state index contributed by atoms with van der Waals surface area (Å²) in [6.45, 7) is 5.37. The van der Waals surface area contributed by atoms with Gasteiger partial charge in [0.15, 0.2) is 0 Å². The third kappa shape index (κ3) is 3.48. The standard InChI is InChI=1S/C7H13BO2/c1-3-5-6-7(4-2)8(9)10/h3-5,7,9-10H,2,6H2,1H3. The van der Waals surface area contributed by atoms with Gasteiger partial charge in [-0.15, -0.1) is 6.58 Å². The Morgan fingerprint density at radius 3 is 2.50 bits per heavy atom. The maximum Gasteiger partial charge on any atom is 0.459 e. The number of rotatable bonds is 4. The number of hydrogen-bond acceptors (Lipinski definition) is 2. The van der Waals surface area contributed by atoms with Crippen molar-refractivity contribution in [3.05, 3.63) is 24.8 Å². The second-order valence-corrected chi connectivity index (χ2v) is 2.12. The van der Waals surface area contributed by atoms with E-state index in [1.54, 1.807) is 6.08 Å². The van der Waals surface area contributed by atoms with Crippen LogP contribution in [0.2, 0.25) is 5.82 Å². The maximum absolute atomic E-state index is 8.69. The Bertz CT molecular complexity index is 121. The van der Waals surface area contributed by atoms with E-state index >= 15 is 0 Å². The SMILES string of the molecule is C=CC(CC=CC)B(O)O. The fraction of sp³-hybridized carbons (Fsp3) is 0.429. The van der Waals surface area contributed by atoms with Crippen molar-refractivity contribution in [3.8, 4) is 0 Å². The van der Waals surface area contributed by atoms with E-state index in [9.17, 15) is 0 Å². The minimum absolute atomic E-state index is 0.240. The Balaban J connectivity index is 3.71. The van der Waals surface area contributed by atoms with Crippen LogP contribution in [0, 0.1) is 0 Å². The molecular weight excluding hydrogens is 127 g/mol.